The van der Waals surface area contributed by atoms with Crippen LogP contribution in [0, 0.1) is 5.41 Å². The van der Waals surface area contributed by atoms with Crippen molar-refractivity contribution in [2.45, 2.75) is 38.5 Å². The van der Waals surface area contributed by atoms with Crippen molar-refractivity contribution in [3.8, 4) is 11.4 Å². The molecule has 0 aliphatic carbocycles. The number of aromatic nitrogens is 3. The molecule has 164 valence electrons. The lowest BCUT2D eigenvalue weighted by Gasteiger charge is -2.14. The predicted molar refractivity (Wildman–Crippen MR) is 124 cm³/mol. The highest BCUT2D eigenvalue weighted by molar-refractivity contribution is 5.85. The van der Waals surface area contributed by atoms with Crippen molar-refractivity contribution < 1.29 is 4.52 Å². The Morgan fingerprint density at radius 3 is 2.71 bits per heavy atom. The van der Waals surface area contributed by atoms with Gasteiger partial charge in [-0.3, -0.25) is 5.41 Å². The van der Waals surface area contributed by atoms with E-state index in [0.29, 0.717) is 18.3 Å². The molecule has 2 aromatic heterocycles. The van der Waals surface area contributed by atoms with Crippen LogP contribution in [0.2, 0.25) is 0 Å². The van der Waals surface area contributed by atoms with Gasteiger partial charge >= 0.3 is 0 Å². The number of unbranched alkanes of at least 4 members (excludes halogenated alkanes) is 1. The second-order valence-electron chi connectivity index (χ2n) is 7.63. The number of anilines is 2. The van der Waals surface area contributed by atoms with Gasteiger partial charge in [0.15, 0.2) is 5.96 Å². The minimum absolute atomic E-state index is 0. The van der Waals surface area contributed by atoms with Crippen molar-refractivity contribution >= 4 is 29.9 Å². The molecule has 4 N–H and O–H groups in total. The van der Waals surface area contributed by atoms with E-state index in [1.165, 1.54) is 18.4 Å². The van der Waals surface area contributed by atoms with E-state index in [1.54, 1.807) is 6.20 Å². The van der Waals surface area contributed by atoms with Gasteiger partial charge in [-0.1, -0.05) is 30.6 Å². The van der Waals surface area contributed by atoms with Crippen LogP contribution in [0.1, 0.15) is 43.6 Å². The number of halogens is 1. The average Bonchev–Trinajstić information content (AvgIpc) is 3.44. The van der Waals surface area contributed by atoms with Crippen molar-refractivity contribution in [3.63, 3.8) is 0 Å². The molecule has 0 radical (unpaired) electrons. The molecule has 1 aliphatic rings. The highest BCUT2D eigenvalue weighted by atomic mass is 35.5. The van der Waals surface area contributed by atoms with E-state index in [1.807, 2.05) is 17.0 Å². The molecule has 4 rings (SSSR count). The van der Waals surface area contributed by atoms with Gasteiger partial charge in [0.25, 0.3) is 0 Å². The number of benzene rings is 1. The normalized spacial score (nSPS) is 15.5. The van der Waals surface area contributed by atoms with E-state index >= 15 is 0 Å². The summed E-state index contributed by atoms with van der Waals surface area (Å²) in [5.74, 6) is 2.05. The molecule has 1 aromatic carbocycles. The molecule has 3 heterocycles. The second-order valence-corrected chi connectivity index (χ2v) is 7.63. The smallest absolute Gasteiger partial charge is 0.231 e. The number of aryl methyl sites for hydroxylation is 1. The Balaban J connectivity index is 0.00000272. The fraction of sp³-hybridized carbons (Fsp3) is 0.364. The van der Waals surface area contributed by atoms with Gasteiger partial charge in [0.1, 0.15) is 5.82 Å². The molecule has 1 saturated heterocycles. The van der Waals surface area contributed by atoms with Gasteiger partial charge in [-0.15, -0.1) is 12.4 Å². The van der Waals surface area contributed by atoms with E-state index in [4.69, 9.17) is 15.7 Å². The summed E-state index contributed by atoms with van der Waals surface area (Å²) < 4.78 is 5.45. The van der Waals surface area contributed by atoms with Gasteiger partial charge in [-0.05, 0) is 49.1 Å². The number of likely N-dealkylation sites (tertiary alicyclic amines) is 1. The lowest BCUT2D eigenvalue weighted by atomic mass is 10.1. The number of nitrogens with two attached hydrogens (primary N) is 1. The predicted octanol–water partition coefficient (Wildman–Crippen LogP) is 4.32. The zero-order valence-electron chi connectivity index (χ0n) is 17.5. The fourth-order valence-electron chi connectivity index (χ4n) is 3.58. The summed E-state index contributed by atoms with van der Waals surface area (Å²) in [5.41, 5.74) is 8.72. The van der Waals surface area contributed by atoms with Crippen molar-refractivity contribution in [3.05, 3.63) is 54.0 Å². The number of nitrogens with zero attached hydrogens (tertiary/aromatic N) is 4. The van der Waals surface area contributed by atoms with Gasteiger partial charge in [-0.25, -0.2) is 4.98 Å². The Labute approximate surface area is 188 Å². The third-order valence-corrected chi connectivity index (χ3v) is 5.39. The number of hydrogen-bond donors (Lipinski definition) is 3. The van der Waals surface area contributed by atoms with Crippen LogP contribution in [0.25, 0.3) is 11.4 Å². The van der Waals surface area contributed by atoms with E-state index in [-0.39, 0.29) is 24.3 Å². The molecule has 0 spiro atoms. The van der Waals surface area contributed by atoms with Crippen LogP contribution in [0.15, 0.2) is 47.1 Å². The van der Waals surface area contributed by atoms with E-state index in [2.05, 4.69) is 51.6 Å². The molecular weight excluding hydrogens is 414 g/mol. The lowest BCUT2D eigenvalue weighted by molar-refractivity contribution is 0.354. The number of guanidine groups is 1. The van der Waals surface area contributed by atoms with Gasteiger partial charge in [0, 0.05) is 30.5 Å². The first kappa shape index (κ1) is 22.6. The molecule has 1 atom stereocenters. The lowest BCUT2D eigenvalue weighted by Crippen LogP contribution is -2.34. The molecule has 1 fully saturated rings. The van der Waals surface area contributed by atoms with Crippen LogP contribution >= 0.6 is 12.4 Å². The summed E-state index contributed by atoms with van der Waals surface area (Å²) in [6.45, 7) is 3.58. The van der Waals surface area contributed by atoms with Gasteiger partial charge in [-0.2, -0.15) is 4.98 Å². The Morgan fingerprint density at radius 2 is 2.06 bits per heavy atom. The van der Waals surface area contributed by atoms with Crippen molar-refractivity contribution in [1.29, 1.82) is 5.41 Å². The summed E-state index contributed by atoms with van der Waals surface area (Å²) in [7, 11) is 0. The first-order valence-corrected chi connectivity index (χ1v) is 10.4. The van der Waals surface area contributed by atoms with Crippen molar-refractivity contribution in [2.24, 2.45) is 5.73 Å². The van der Waals surface area contributed by atoms with Crippen LogP contribution < -0.4 is 11.1 Å². The number of nitrogens with one attached hydrogen (secondary N) is 2. The quantitative estimate of drug-likeness (QED) is 0.369. The SMILES string of the molecule is CCCCc1ccc(Nc2ccc(-c3noc([C@@H]4CCN(C(=N)N)C4)n3)cn2)cc1.Cl. The van der Waals surface area contributed by atoms with Crippen molar-refractivity contribution in [1.82, 2.24) is 20.0 Å². The maximum Gasteiger partial charge on any atom is 0.231 e. The van der Waals surface area contributed by atoms with E-state index < -0.39 is 0 Å². The molecule has 0 unspecified atom stereocenters. The number of hydrogen-bond acceptors (Lipinski definition) is 6. The molecule has 8 nitrogen and oxygen atoms in total. The third kappa shape index (κ3) is 5.52. The van der Waals surface area contributed by atoms with Crippen LogP contribution in [0.4, 0.5) is 11.5 Å². The maximum atomic E-state index is 7.54. The first-order chi connectivity index (χ1) is 14.6. The minimum Gasteiger partial charge on any atom is -0.370 e. The Hall–Kier alpha value is -3.13. The van der Waals surface area contributed by atoms with Gasteiger partial charge < -0.3 is 20.5 Å². The monoisotopic (exact) mass is 441 g/mol. The molecule has 1 aliphatic heterocycles. The van der Waals surface area contributed by atoms with E-state index in [0.717, 1.165) is 36.5 Å². The van der Waals surface area contributed by atoms with Crippen LogP contribution in [0.3, 0.4) is 0 Å². The maximum absolute atomic E-state index is 7.54. The Bertz CT molecular complexity index is 988. The molecule has 9 heteroatoms. The molecular formula is C22H28ClN7O. The summed E-state index contributed by atoms with van der Waals surface area (Å²) in [6.07, 6.45) is 6.12. The zero-order chi connectivity index (χ0) is 20.9. The molecule has 3 aromatic rings. The average molecular weight is 442 g/mol. The van der Waals surface area contributed by atoms with Crippen LogP contribution in [-0.2, 0) is 6.42 Å². The Kier molecular flexibility index (Phi) is 7.46. The fourth-order valence-corrected chi connectivity index (χ4v) is 3.58. The highest BCUT2D eigenvalue weighted by Crippen LogP contribution is 2.27. The van der Waals surface area contributed by atoms with Gasteiger partial charge in [0.2, 0.25) is 11.7 Å². The summed E-state index contributed by atoms with van der Waals surface area (Å²) in [6, 6.07) is 12.3. The minimum atomic E-state index is 0. The third-order valence-electron chi connectivity index (χ3n) is 5.39. The molecule has 0 amide bonds. The topological polar surface area (TPSA) is 117 Å². The Morgan fingerprint density at radius 1 is 1.26 bits per heavy atom. The zero-order valence-corrected chi connectivity index (χ0v) is 18.4. The second kappa shape index (κ2) is 10.3. The highest BCUT2D eigenvalue weighted by Gasteiger charge is 2.29. The largest absolute Gasteiger partial charge is 0.370 e. The van der Waals surface area contributed by atoms with Gasteiger partial charge in [0.05, 0.1) is 5.92 Å². The summed E-state index contributed by atoms with van der Waals surface area (Å²) >= 11 is 0. The van der Waals surface area contributed by atoms with E-state index in [9.17, 15) is 0 Å². The molecule has 0 bridgehead atoms. The summed E-state index contributed by atoms with van der Waals surface area (Å²) in [4.78, 5) is 10.8. The molecule has 31 heavy (non-hydrogen) atoms. The number of pyridine rings is 1. The van der Waals surface area contributed by atoms with Crippen LogP contribution in [0.5, 0.6) is 0 Å². The molecule has 0 saturated carbocycles. The van der Waals surface area contributed by atoms with Crippen LogP contribution in [-0.4, -0.2) is 39.1 Å². The number of rotatable bonds is 7. The first-order valence-electron chi connectivity index (χ1n) is 10.4. The summed E-state index contributed by atoms with van der Waals surface area (Å²) in [5, 5.41) is 15.0. The van der Waals surface area contributed by atoms with Crippen molar-refractivity contribution in [2.75, 3.05) is 18.4 Å². The standard InChI is InChI=1S/C22H27N7O.ClH/c1-2-3-4-15-5-8-18(9-6-15)26-19-10-7-16(13-25-19)20-27-21(30-28-20)17-11-12-29(14-17)22(23)24;/h5-10,13,17H,2-4,11-12,14H2,1H3,(H3,23,24)(H,25,26);1H/t17-;/m1./s1.